The maximum Gasteiger partial charge on any atom is 0.315 e. The number of amides is 3. The van der Waals surface area contributed by atoms with Gasteiger partial charge in [-0.3, -0.25) is 4.79 Å². The fraction of sp³-hybridized carbons (Fsp3) is 0.462. The Kier molecular flexibility index (Phi) is 7.76. The van der Waals surface area contributed by atoms with Gasteiger partial charge < -0.3 is 20.3 Å². The Balaban J connectivity index is 1.31. The zero-order valence-corrected chi connectivity index (χ0v) is 19.8. The third-order valence-electron chi connectivity index (χ3n) is 6.82. The highest BCUT2D eigenvalue weighted by atomic mass is 35.5. The molecule has 1 heterocycles. The van der Waals surface area contributed by atoms with Crippen molar-refractivity contribution in [3.8, 4) is 5.75 Å². The van der Waals surface area contributed by atoms with Gasteiger partial charge in [0.25, 0.3) is 5.91 Å². The predicted molar refractivity (Wildman–Crippen MR) is 130 cm³/mol. The molecule has 4 rings (SSSR count). The topological polar surface area (TPSA) is 70.7 Å². The highest BCUT2D eigenvalue weighted by Crippen LogP contribution is 2.36. The maximum absolute atomic E-state index is 12.9. The minimum absolute atomic E-state index is 0.0165. The lowest BCUT2D eigenvalue weighted by molar-refractivity contribution is 0.0708. The summed E-state index contributed by atoms with van der Waals surface area (Å²) in [6.45, 7) is 1.24. The molecular weight excluding hydrogens is 438 g/mol. The number of nitrogens with one attached hydrogen (secondary N) is 2. The molecule has 7 heteroatoms. The molecule has 2 aromatic rings. The summed E-state index contributed by atoms with van der Waals surface area (Å²) < 4.78 is 5.16. The summed E-state index contributed by atoms with van der Waals surface area (Å²) >= 11 is 6.22. The van der Waals surface area contributed by atoms with Crippen molar-refractivity contribution in [3.05, 3.63) is 64.7 Å². The highest BCUT2D eigenvalue weighted by molar-refractivity contribution is 6.30. The van der Waals surface area contributed by atoms with E-state index < -0.39 is 0 Å². The second-order valence-corrected chi connectivity index (χ2v) is 9.43. The standard InChI is InChI=1S/C26H32ClN3O3/c1-33-23-11-9-19(10-12-23)25(31)30-15-13-22(14-16-30)28-26(32)29-24(18-5-2-3-6-18)20-7-4-8-21(27)17-20/h4,7-12,17-18,22,24H,2-3,5-6,13-16H2,1H3,(H2,28,29,32). The lowest BCUT2D eigenvalue weighted by atomic mass is 9.91. The van der Waals surface area contributed by atoms with Crippen LogP contribution in [-0.2, 0) is 0 Å². The van der Waals surface area contributed by atoms with E-state index in [-0.39, 0.29) is 24.0 Å². The van der Waals surface area contributed by atoms with Gasteiger partial charge in [-0.25, -0.2) is 4.79 Å². The average Bonchev–Trinajstić information content (AvgIpc) is 3.37. The molecule has 1 atom stereocenters. The van der Waals surface area contributed by atoms with Gasteiger partial charge >= 0.3 is 6.03 Å². The molecule has 0 aromatic heterocycles. The van der Waals surface area contributed by atoms with Gasteiger partial charge in [0.2, 0.25) is 0 Å². The lowest BCUT2D eigenvalue weighted by Gasteiger charge is -2.33. The number of carbonyl (C=O) groups is 2. The molecule has 33 heavy (non-hydrogen) atoms. The van der Waals surface area contributed by atoms with Crippen LogP contribution in [0.5, 0.6) is 5.75 Å². The van der Waals surface area contributed by atoms with Gasteiger partial charge in [0.15, 0.2) is 0 Å². The van der Waals surface area contributed by atoms with Gasteiger partial charge in [-0.1, -0.05) is 36.6 Å². The van der Waals surface area contributed by atoms with Crippen LogP contribution in [0.15, 0.2) is 48.5 Å². The second kappa shape index (κ2) is 10.9. The molecule has 1 unspecified atom stereocenters. The Morgan fingerprint density at radius 3 is 2.36 bits per heavy atom. The summed E-state index contributed by atoms with van der Waals surface area (Å²) in [5.74, 6) is 1.18. The molecule has 3 amide bonds. The van der Waals surface area contributed by atoms with Crippen molar-refractivity contribution in [2.24, 2.45) is 5.92 Å². The average molecular weight is 470 g/mol. The van der Waals surface area contributed by atoms with E-state index in [1.165, 1.54) is 12.8 Å². The van der Waals surface area contributed by atoms with Crippen LogP contribution in [0, 0.1) is 5.92 Å². The van der Waals surface area contributed by atoms with E-state index in [1.54, 1.807) is 31.4 Å². The second-order valence-electron chi connectivity index (χ2n) is 8.99. The molecule has 1 saturated heterocycles. The molecule has 1 aliphatic carbocycles. The lowest BCUT2D eigenvalue weighted by Crippen LogP contribution is -2.50. The van der Waals surface area contributed by atoms with Crippen molar-refractivity contribution in [2.75, 3.05) is 20.2 Å². The minimum Gasteiger partial charge on any atom is -0.497 e. The molecule has 0 bridgehead atoms. The van der Waals surface area contributed by atoms with E-state index in [0.29, 0.717) is 29.6 Å². The number of urea groups is 1. The van der Waals surface area contributed by atoms with Gasteiger partial charge in [0, 0.05) is 29.7 Å². The fourth-order valence-electron chi connectivity index (χ4n) is 4.98. The Labute approximate surface area is 200 Å². The van der Waals surface area contributed by atoms with Gasteiger partial charge in [-0.05, 0) is 73.6 Å². The van der Waals surface area contributed by atoms with E-state index >= 15 is 0 Å². The number of halogens is 1. The molecule has 2 N–H and O–H groups in total. The molecule has 1 aliphatic heterocycles. The fourth-order valence-corrected chi connectivity index (χ4v) is 5.17. The van der Waals surface area contributed by atoms with Crippen molar-refractivity contribution in [3.63, 3.8) is 0 Å². The Morgan fingerprint density at radius 2 is 1.73 bits per heavy atom. The normalized spacial score (nSPS) is 18.1. The van der Waals surface area contributed by atoms with Crippen LogP contribution in [0.4, 0.5) is 4.79 Å². The Bertz CT molecular complexity index is 952. The van der Waals surface area contributed by atoms with Crippen LogP contribution < -0.4 is 15.4 Å². The van der Waals surface area contributed by atoms with E-state index in [0.717, 1.165) is 37.0 Å². The SMILES string of the molecule is COc1ccc(C(=O)N2CCC(NC(=O)NC(c3cccc(Cl)c3)C3CCCC3)CC2)cc1. The molecule has 1 saturated carbocycles. The van der Waals surface area contributed by atoms with Crippen molar-refractivity contribution in [1.82, 2.24) is 15.5 Å². The van der Waals surface area contributed by atoms with Crippen LogP contribution >= 0.6 is 11.6 Å². The molecule has 176 valence electrons. The number of ether oxygens (including phenoxy) is 1. The van der Waals surface area contributed by atoms with Crippen molar-refractivity contribution < 1.29 is 14.3 Å². The smallest absolute Gasteiger partial charge is 0.315 e. The van der Waals surface area contributed by atoms with Crippen molar-refractivity contribution in [1.29, 1.82) is 0 Å². The van der Waals surface area contributed by atoms with Crippen LogP contribution in [-0.4, -0.2) is 43.1 Å². The third kappa shape index (κ3) is 5.99. The number of methoxy groups -OCH3 is 1. The van der Waals surface area contributed by atoms with Gasteiger partial charge in [0.05, 0.1) is 13.2 Å². The van der Waals surface area contributed by atoms with Gasteiger partial charge in [-0.15, -0.1) is 0 Å². The first-order chi connectivity index (χ1) is 16.0. The third-order valence-corrected chi connectivity index (χ3v) is 7.06. The number of nitrogens with zero attached hydrogens (tertiary/aromatic N) is 1. The Morgan fingerprint density at radius 1 is 1.03 bits per heavy atom. The molecule has 0 radical (unpaired) electrons. The number of hydrogen-bond donors (Lipinski definition) is 2. The number of rotatable bonds is 6. The summed E-state index contributed by atoms with van der Waals surface area (Å²) in [5.41, 5.74) is 1.71. The first-order valence-electron chi connectivity index (χ1n) is 11.8. The summed E-state index contributed by atoms with van der Waals surface area (Å²) in [4.78, 5) is 27.5. The summed E-state index contributed by atoms with van der Waals surface area (Å²) in [6.07, 6.45) is 6.10. The summed E-state index contributed by atoms with van der Waals surface area (Å²) in [6, 6.07) is 14.8. The quantitative estimate of drug-likeness (QED) is 0.612. The largest absolute Gasteiger partial charge is 0.497 e. The van der Waals surface area contributed by atoms with E-state index in [2.05, 4.69) is 10.6 Å². The van der Waals surface area contributed by atoms with Gasteiger partial charge in [0.1, 0.15) is 5.75 Å². The summed E-state index contributed by atoms with van der Waals surface area (Å²) in [5, 5.41) is 7.04. The number of likely N-dealkylation sites (tertiary alicyclic amines) is 1. The minimum atomic E-state index is -0.146. The van der Waals surface area contributed by atoms with E-state index in [1.807, 2.05) is 29.2 Å². The number of benzene rings is 2. The van der Waals surface area contributed by atoms with Crippen molar-refractivity contribution >= 4 is 23.5 Å². The molecule has 2 fully saturated rings. The Hall–Kier alpha value is -2.73. The molecule has 0 spiro atoms. The van der Waals surface area contributed by atoms with Crippen molar-refractivity contribution in [2.45, 2.75) is 50.6 Å². The molecule has 6 nitrogen and oxygen atoms in total. The summed E-state index contributed by atoms with van der Waals surface area (Å²) in [7, 11) is 1.61. The number of piperidine rings is 1. The molecular formula is C26H32ClN3O3. The number of carbonyl (C=O) groups excluding carboxylic acids is 2. The maximum atomic E-state index is 12.9. The van der Waals surface area contributed by atoms with Crippen LogP contribution in [0.2, 0.25) is 5.02 Å². The number of hydrogen-bond acceptors (Lipinski definition) is 3. The zero-order valence-electron chi connectivity index (χ0n) is 19.1. The van der Waals surface area contributed by atoms with E-state index in [9.17, 15) is 9.59 Å². The van der Waals surface area contributed by atoms with E-state index in [4.69, 9.17) is 16.3 Å². The van der Waals surface area contributed by atoms with Gasteiger partial charge in [-0.2, -0.15) is 0 Å². The van der Waals surface area contributed by atoms with Crippen LogP contribution in [0.25, 0.3) is 0 Å². The monoisotopic (exact) mass is 469 g/mol. The first-order valence-corrected chi connectivity index (χ1v) is 12.2. The van der Waals surface area contributed by atoms with Crippen LogP contribution in [0.1, 0.15) is 60.5 Å². The molecule has 2 aromatic carbocycles. The predicted octanol–water partition coefficient (Wildman–Crippen LogP) is 5.18. The first kappa shape index (κ1) is 23.4. The molecule has 2 aliphatic rings. The zero-order chi connectivity index (χ0) is 23.2. The highest BCUT2D eigenvalue weighted by Gasteiger charge is 2.29. The van der Waals surface area contributed by atoms with Crippen LogP contribution in [0.3, 0.4) is 0 Å².